The Morgan fingerprint density at radius 3 is 3.14 bits per heavy atom. The highest BCUT2D eigenvalue weighted by Gasteiger charge is 2.19. The number of nitrogens with one attached hydrogen (secondary N) is 1. The van der Waals surface area contributed by atoms with E-state index in [1.807, 2.05) is 30.0 Å². The molecule has 1 fully saturated rings. The lowest BCUT2D eigenvalue weighted by Crippen LogP contribution is -2.39. The zero-order chi connectivity index (χ0) is 14.9. The second-order valence-corrected chi connectivity index (χ2v) is 6.98. The van der Waals surface area contributed by atoms with Gasteiger partial charge >= 0.3 is 0 Å². The van der Waals surface area contributed by atoms with Crippen molar-refractivity contribution in [1.29, 1.82) is 0 Å². The van der Waals surface area contributed by atoms with Gasteiger partial charge in [0.05, 0.1) is 18.8 Å². The number of hydrogen-bond donors (Lipinski definition) is 1. The lowest BCUT2D eigenvalue weighted by molar-refractivity contribution is -0.122. The molecule has 5 heteroatoms. The van der Waals surface area contributed by atoms with Crippen molar-refractivity contribution in [2.24, 2.45) is 0 Å². The van der Waals surface area contributed by atoms with Crippen LogP contribution in [0.3, 0.4) is 0 Å². The molecule has 1 aliphatic rings. The number of likely N-dealkylation sites (tertiary alicyclic amines) is 1. The first kappa shape index (κ1) is 16.3. The number of hydrogen-bond acceptors (Lipinski definition) is 4. The van der Waals surface area contributed by atoms with E-state index >= 15 is 0 Å². The number of rotatable bonds is 6. The summed E-state index contributed by atoms with van der Waals surface area (Å²) in [4.78, 5) is 18.6. The van der Waals surface area contributed by atoms with Crippen LogP contribution in [0.4, 0.5) is 0 Å². The summed E-state index contributed by atoms with van der Waals surface area (Å²) >= 11 is 2.02. The monoisotopic (exact) mass is 307 g/mol. The van der Waals surface area contributed by atoms with Crippen molar-refractivity contribution < 1.29 is 4.79 Å². The first-order valence-corrected chi connectivity index (χ1v) is 8.83. The van der Waals surface area contributed by atoms with Gasteiger partial charge in [-0.2, -0.15) is 11.8 Å². The molecule has 0 aromatic carbocycles. The smallest absolute Gasteiger partial charge is 0.234 e. The SMILES string of the molecule is CCSC1CCCCN(CC(=O)NCc2ccccn2)C1. The number of carbonyl (C=O) groups excluding carboxylic acids is 1. The van der Waals surface area contributed by atoms with E-state index in [9.17, 15) is 4.79 Å². The molecule has 1 unspecified atom stereocenters. The molecule has 1 aromatic heterocycles. The largest absolute Gasteiger partial charge is 0.349 e. The summed E-state index contributed by atoms with van der Waals surface area (Å²) in [5.41, 5.74) is 0.904. The second kappa shape index (κ2) is 9.05. The van der Waals surface area contributed by atoms with Crippen molar-refractivity contribution in [2.45, 2.75) is 38.0 Å². The van der Waals surface area contributed by atoms with Crippen LogP contribution in [0.25, 0.3) is 0 Å². The molecule has 0 saturated carbocycles. The number of amides is 1. The van der Waals surface area contributed by atoms with E-state index in [0.717, 1.165) is 24.5 Å². The summed E-state index contributed by atoms with van der Waals surface area (Å²) < 4.78 is 0. The topological polar surface area (TPSA) is 45.2 Å². The van der Waals surface area contributed by atoms with Crippen LogP contribution < -0.4 is 5.32 Å². The van der Waals surface area contributed by atoms with E-state index in [0.29, 0.717) is 18.3 Å². The molecule has 1 atom stereocenters. The Labute approximate surface area is 131 Å². The highest BCUT2D eigenvalue weighted by molar-refractivity contribution is 7.99. The first-order valence-electron chi connectivity index (χ1n) is 7.78. The zero-order valence-electron chi connectivity index (χ0n) is 12.8. The Morgan fingerprint density at radius 2 is 2.38 bits per heavy atom. The molecule has 4 nitrogen and oxygen atoms in total. The molecule has 116 valence electrons. The number of aromatic nitrogens is 1. The fourth-order valence-electron chi connectivity index (χ4n) is 2.64. The number of pyridine rings is 1. The van der Waals surface area contributed by atoms with Gasteiger partial charge in [0.2, 0.25) is 5.91 Å². The predicted octanol–water partition coefficient (Wildman–Crippen LogP) is 2.31. The molecule has 1 aliphatic heterocycles. The molecule has 2 heterocycles. The van der Waals surface area contributed by atoms with Gasteiger partial charge in [0.15, 0.2) is 0 Å². The molecule has 1 aromatic rings. The predicted molar refractivity (Wildman–Crippen MR) is 88.3 cm³/mol. The first-order chi connectivity index (χ1) is 10.3. The second-order valence-electron chi connectivity index (χ2n) is 5.41. The van der Waals surface area contributed by atoms with Gasteiger partial charge < -0.3 is 5.32 Å². The van der Waals surface area contributed by atoms with Gasteiger partial charge in [0, 0.05) is 18.0 Å². The molecule has 0 bridgehead atoms. The molecular weight excluding hydrogens is 282 g/mol. The molecular formula is C16H25N3OS. The maximum atomic E-state index is 12.1. The molecule has 2 rings (SSSR count). The minimum atomic E-state index is 0.0998. The van der Waals surface area contributed by atoms with E-state index < -0.39 is 0 Å². The van der Waals surface area contributed by atoms with E-state index in [-0.39, 0.29) is 5.91 Å². The minimum absolute atomic E-state index is 0.0998. The average molecular weight is 307 g/mol. The van der Waals surface area contributed by atoms with Crippen LogP contribution >= 0.6 is 11.8 Å². The summed E-state index contributed by atoms with van der Waals surface area (Å²) in [6, 6.07) is 5.75. The molecule has 0 radical (unpaired) electrons. The van der Waals surface area contributed by atoms with E-state index in [1.165, 1.54) is 19.3 Å². The van der Waals surface area contributed by atoms with Gasteiger partial charge in [-0.05, 0) is 37.3 Å². The van der Waals surface area contributed by atoms with E-state index in [1.54, 1.807) is 6.20 Å². The normalized spacial score (nSPS) is 20.0. The summed E-state index contributed by atoms with van der Waals surface area (Å²) in [6.07, 6.45) is 5.52. The van der Waals surface area contributed by atoms with Crippen LogP contribution in [0, 0.1) is 0 Å². The quantitative estimate of drug-likeness (QED) is 0.876. The van der Waals surface area contributed by atoms with Crippen LogP contribution in [-0.4, -0.2) is 46.4 Å². The third kappa shape index (κ3) is 6.06. The average Bonchev–Trinajstić information content (AvgIpc) is 2.72. The maximum absolute atomic E-state index is 12.1. The Kier molecular flexibility index (Phi) is 7.03. The Balaban J connectivity index is 1.75. The van der Waals surface area contributed by atoms with Crippen LogP contribution in [0.1, 0.15) is 31.9 Å². The van der Waals surface area contributed by atoms with Gasteiger partial charge in [-0.1, -0.05) is 19.4 Å². The number of nitrogens with zero attached hydrogens (tertiary/aromatic N) is 2. The lowest BCUT2D eigenvalue weighted by Gasteiger charge is -2.23. The number of thioether (sulfide) groups is 1. The van der Waals surface area contributed by atoms with Crippen LogP contribution in [0.5, 0.6) is 0 Å². The van der Waals surface area contributed by atoms with Gasteiger partial charge in [-0.25, -0.2) is 0 Å². The van der Waals surface area contributed by atoms with Crippen LogP contribution in [0.15, 0.2) is 24.4 Å². The van der Waals surface area contributed by atoms with Gasteiger partial charge in [0.25, 0.3) is 0 Å². The summed E-state index contributed by atoms with van der Waals surface area (Å²) in [5.74, 6) is 1.26. The fraction of sp³-hybridized carbons (Fsp3) is 0.625. The van der Waals surface area contributed by atoms with Gasteiger partial charge in [-0.3, -0.25) is 14.7 Å². The molecule has 21 heavy (non-hydrogen) atoms. The Bertz CT molecular complexity index is 427. The molecule has 0 spiro atoms. The molecule has 1 saturated heterocycles. The summed E-state index contributed by atoms with van der Waals surface area (Å²) in [7, 11) is 0. The highest BCUT2D eigenvalue weighted by atomic mass is 32.2. The van der Waals surface area contributed by atoms with Gasteiger partial charge in [-0.15, -0.1) is 0 Å². The Hall–Kier alpha value is -1.07. The highest BCUT2D eigenvalue weighted by Crippen LogP contribution is 2.21. The number of carbonyl (C=O) groups is 1. The van der Waals surface area contributed by atoms with Crippen molar-refractivity contribution in [3.8, 4) is 0 Å². The standard InChI is InChI=1S/C16H25N3OS/c1-2-21-15-8-4-6-10-19(12-15)13-16(20)18-11-14-7-3-5-9-17-14/h3,5,7,9,15H,2,4,6,8,10-13H2,1H3,(H,18,20). The van der Waals surface area contributed by atoms with Gasteiger partial charge in [0.1, 0.15) is 0 Å². The third-order valence-corrected chi connectivity index (χ3v) is 4.86. The van der Waals surface area contributed by atoms with Crippen molar-refractivity contribution in [3.05, 3.63) is 30.1 Å². The van der Waals surface area contributed by atoms with Crippen LogP contribution in [-0.2, 0) is 11.3 Å². The third-order valence-electron chi connectivity index (χ3n) is 3.67. The fourth-order valence-corrected chi connectivity index (χ4v) is 3.77. The van der Waals surface area contributed by atoms with Crippen molar-refractivity contribution in [3.63, 3.8) is 0 Å². The molecule has 1 amide bonds. The van der Waals surface area contributed by atoms with E-state index in [2.05, 4.69) is 22.1 Å². The van der Waals surface area contributed by atoms with Crippen molar-refractivity contribution in [1.82, 2.24) is 15.2 Å². The summed E-state index contributed by atoms with van der Waals surface area (Å²) in [5, 5.41) is 3.65. The van der Waals surface area contributed by atoms with Crippen molar-refractivity contribution >= 4 is 17.7 Å². The minimum Gasteiger partial charge on any atom is -0.349 e. The molecule has 1 N–H and O–H groups in total. The van der Waals surface area contributed by atoms with Crippen molar-refractivity contribution in [2.75, 3.05) is 25.4 Å². The van der Waals surface area contributed by atoms with E-state index in [4.69, 9.17) is 0 Å². The molecule has 0 aliphatic carbocycles. The van der Waals surface area contributed by atoms with Crippen LogP contribution in [0.2, 0.25) is 0 Å². The maximum Gasteiger partial charge on any atom is 0.234 e. The Morgan fingerprint density at radius 1 is 1.48 bits per heavy atom. The summed E-state index contributed by atoms with van der Waals surface area (Å²) in [6.45, 7) is 5.31. The zero-order valence-corrected chi connectivity index (χ0v) is 13.6. The lowest BCUT2D eigenvalue weighted by atomic mass is 10.2.